The maximum atomic E-state index is 11.9. The molecule has 0 unspecified atom stereocenters. The van der Waals surface area contributed by atoms with Crippen LogP contribution in [0, 0.1) is 0 Å². The van der Waals surface area contributed by atoms with Crippen LogP contribution >= 0.6 is 11.8 Å². The van der Waals surface area contributed by atoms with E-state index in [0.29, 0.717) is 12.2 Å². The molecule has 1 heterocycles. The summed E-state index contributed by atoms with van der Waals surface area (Å²) in [5.74, 6) is -1.10. The maximum absolute atomic E-state index is 11.9. The van der Waals surface area contributed by atoms with Crippen molar-refractivity contribution < 1.29 is 14.7 Å². The van der Waals surface area contributed by atoms with Crippen molar-refractivity contribution in [3.63, 3.8) is 0 Å². The van der Waals surface area contributed by atoms with E-state index in [1.165, 1.54) is 18.3 Å². The zero-order valence-electron chi connectivity index (χ0n) is 12.5. The molecule has 0 bridgehead atoms. The molecule has 7 heteroatoms. The maximum Gasteiger partial charge on any atom is 0.354 e. The Kier molecular flexibility index (Phi) is 6.48. The minimum absolute atomic E-state index is 0.0444. The van der Waals surface area contributed by atoms with Crippen molar-refractivity contribution in [2.45, 2.75) is 31.4 Å². The minimum Gasteiger partial charge on any atom is -0.477 e. The number of amides is 2. The van der Waals surface area contributed by atoms with Gasteiger partial charge in [-0.15, -0.1) is 0 Å². The summed E-state index contributed by atoms with van der Waals surface area (Å²) in [5.41, 5.74) is 0.402. The van der Waals surface area contributed by atoms with E-state index in [1.54, 1.807) is 11.8 Å². The summed E-state index contributed by atoms with van der Waals surface area (Å²) in [6, 6.07) is 2.54. The van der Waals surface area contributed by atoms with Gasteiger partial charge in [0.25, 0.3) is 0 Å². The van der Waals surface area contributed by atoms with Gasteiger partial charge in [0.05, 0.1) is 11.9 Å². The second kappa shape index (κ2) is 7.87. The van der Waals surface area contributed by atoms with Crippen LogP contribution in [0.3, 0.4) is 0 Å². The second-order valence-corrected chi connectivity index (χ2v) is 5.91. The fourth-order valence-electron chi connectivity index (χ4n) is 1.87. The summed E-state index contributed by atoms with van der Waals surface area (Å²) >= 11 is 1.75. The molecule has 0 saturated heterocycles. The fraction of sp³-hybridized carbons (Fsp3) is 0.500. The number of carbonyl (C=O) groups excluding carboxylic acids is 1. The predicted molar refractivity (Wildman–Crippen MR) is 85.0 cm³/mol. The Hall–Kier alpha value is -1.76. The SMILES string of the molecule is CCC(CC)(CNC(=O)Nc1ccc(C(=O)O)nc1)SC. The first-order valence-corrected chi connectivity index (χ1v) is 7.98. The van der Waals surface area contributed by atoms with E-state index < -0.39 is 5.97 Å². The monoisotopic (exact) mass is 311 g/mol. The molecule has 0 aromatic carbocycles. The van der Waals surface area contributed by atoms with Gasteiger partial charge < -0.3 is 15.7 Å². The lowest BCUT2D eigenvalue weighted by molar-refractivity contribution is 0.0690. The van der Waals surface area contributed by atoms with E-state index in [9.17, 15) is 9.59 Å². The summed E-state index contributed by atoms with van der Waals surface area (Å²) in [6.07, 6.45) is 5.31. The Morgan fingerprint density at radius 2 is 2.00 bits per heavy atom. The molecule has 3 N–H and O–H groups in total. The van der Waals surface area contributed by atoms with Crippen LogP contribution in [-0.2, 0) is 0 Å². The van der Waals surface area contributed by atoms with Crippen LogP contribution in [-0.4, -0.2) is 39.6 Å². The van der Waals surface area contributed by atoms with Gasteiger partial charge in [-0.2, -0.15) is 11.8 Å². The summed E-state index contributed by atoms with van der Waals surface area (Å²) in [6.45, 7) is 4.79. The number of carbonyl (C=O) groups is 2. The van der Waals surface area contributed by atoms with E-state index in [1.807, 2.05) is 6.26 Å². The number of nitrogens with zero attached hydrogens (tertiary/aromatic N) is 1. The number of aromatic carboxylic acids is 1. The quantitative estimate of drug-likeness (QED) is 0.720. The number of carboxylic acids is 1. The third-order valence-corrected chi connectivity index (χ3v) is 5.12. The van der Waals surface area contributed by atoms with E-state index in [0.717, 1.165) is 12.8 Å². The normalized spacial score (nSPS) is 11.0. The number of hydrogen-bond acceptors (Lipinski definition) is 4. The zero-order valence-corrected chi connectivity index (χ0v) is 13.3. The van der Waals surface area contributed by atoms with Gasteiger partial charge in [0.1, 0.15) is 5.69 Å². The van der Waals surface area contributed by atoms with Crippen LogP contribution in [0.4, 0.5) is 10.5 Å². The number of nitrogens with one attached hydrogen (secondary N) is 2. The molecule has 0 fully saturated rings. The first-order valence-electron chi connectivity index (χ1n) is 6.75. The highest BCUT2D eigenvalue weighted by molar-refractivity contribution is 8.00. The molecule has 1 rings (SSSR count). The van der Waals surface area contributed by atoms with Crippen LogP contribution in [0.25, 0.3) is 0 Å². The van der Waals surface area contributed by atoms with E-state index >= 15 is 0 Å². The lowest BCUT2D eigenvalue weighted by Gasteiger charge is -2.29. The van der Waals surface area contributed by atoms with Gasteiger partial charge in [-0.3, -0.25) is 0 Å². The van der Waals surface area contributed by atoms with Gasteiger partial charge in [0.15, 0.2) is 0 Å². The molecule has 0 aliphatic carbocycles. The minimum atomic E-state index is -1.10. The van der Waals surface area contributed by atoms with Gasteiger partial charge in [-0.1, -0.05) is 13.8 Å². The molecule has 1 aromatic heterocycles. The average Bonchev–Trinajstić information content (AvgIpc) is 2.50. The Labute approximate surface area is 128 Å². The molecule has 0 spiro atoms. The van der Waals surface area contributed by atoms with Crippen LogP contribution in [0.15, 0.2) is 18.3 Å². The molecular formula is C14H21N3O3S. The second-order valence-electron chi connectivity index (χ2n) is 4.64. The molecule has 0 aliphatic heterocycles. The van der Waals surface area contributed by atoms with Crippen molar-refractivity contribution in [2.24, 2.45) is 0 Å². The molecule has 1 aromatic rings. The van der Waals surface area contributed by atoms with E-state index in [2.05, 4.69) is 29.5 Å². The number of thioether (sulfide) groups is 1. The highest BCUT2D eigenvalue weighted by Gasteiger charge is 2.25. The van der Waals surface area contributed by atoms with Crippen LogP contribution in [0.5, 0.6) is 0 Å². The third kappa shape index (κ3) is 4.93. The zero-order chi connectivity index (χ0) is 15.9. The Bertz CT molecular complexity index is 478. The molecule has 21 heavy (non-hydrogen) atoms. The van der Waals surface area contributed by atoms with Crippen molar-refractivity contribution in [1.82, 2.24) is 10.3 Å². The van der Waals surface area contributed by atoms with Gasteiger partial charge in [-0.25, -0.2) is 14.6 Å². The number of rotatable bonds is 7. The van der Waals surface area contributed by atoms with Crippen LogP contribution in [0.2, 0.25) is 0 Å². The van der Waals surface area contributed by atoms with E-state index in [-0.39, 0.29) is 16.5 Å². The van der Waals surface area contributed by atoms with Gasteiger partial charge in [-0.05, 0) is 31.2 Å². The Morgan fingerprint density at radius 1 is 1.33 bits per heavy atom. The fourth-order valence-corrected chi connectivity index (χ4v) is 2.67. The molecule has 0 aliphatic rings. The van der Waals surface area contributed by atoms with Crippen molar-refractivity contribution in [1.29, 1.82) is 0 Å². The smallest absolute Gasteiger partial charge is 0.354 e. The summed E-state index contributed by atoms with van der Waals surface area (Å²) in [4.78, 5) is 26.3. The number of hydrogen-bond donors (Lipinski definition) is 3. The molecule has 0 radical (unpaired) electrons. The lowest BCUT2D eigenvalue weighted by atomic mass is 10.0. The number of urea groups is 1. The molecule has 116 valence electrons. The molecule has 6 nitrogen and oxygen atoms in total. The highest BCUT2D eigenvalue weighted by Crippen LogP contribution is 2.29. The summed E-state index contributed by atoms with van der Waals surface area (Å²) < 4.78 is 0.0444. The first kappa shape index (κ1) is 17.3. The van der Waals surface area contributed by atoms with Crippen molar-refractivity contribution >= 4 is 29.4 Å². The Balaban J connectivity index is 2.55. The molecule has 2 amide bonds. The number of aromatic nitrogens is 1. The summed E-state index contributed by atoms with van der Waals surface area (Å²) in [5, 5.41) is 14.2. The third-order valence-electron chi connectivity index (χ3n) is 3.53. The van der Waals surface area contributed by atoms with Crippen LogP contribution in [0.1, 0.15) is 37.2 Å². The first-order chi connectivity index (χ1) is 9.96. The van der Waals surface area contributed by atoms with Gasteiger partial charge in [0, 0.05) is 11.3 Å². The number of anilines is 1. The highest BCUT2D eigenvalue weighted by atomic mass is 32.2. The standard InChI is InChI=1S/C14H21N3O3S/c1-4-14(5-2,21-3)9-16-13(20)17-10-6-7-11(12(18)19)15-8-10/h6-8H,4-5,9H2,1-3H3,(H,18,19)(H2,16,17,20). The lowest BCUT2D eigenvalue weighted by Crippen LogP contribution is -2.41. The average molecular weight is 311 g/mol. The number of pyridine rings is 1. The molecule has 0 atom stereocenters. The van der Waals surface area contributed by atoms with Gasteiger partial charge >= 0.3 is 12.0 Å². The van der Waals surface area contributed by atoms with Crippen molar-refractivity contribution in [3.8, 4) is 0 Å². The Morgan fingerprint density at radius 3 is 2.43 bits per heavy atom. The molecule has 0 saturated carbocycles. The topological polar surface area (TPSA) is 91.3 Å². The molecular weight excluding hydrogens is 290 g/mol. The number of carboxylic acid groups (broad SMARTS) is 1. The van der Waals surface area contributed by atoms with Crippen molar-refractivity contribution in [3.05, 3.63) is 24.0 Å². The van der Waals surface area contributed by atoms with E-state index in [4.69, 9.17) is 5.11 Å². The van der Waals surface area contributed by atoms with Crippen LogP contribution < -0.4 is 10.6 Å². The van der Waals surface area contributed by atoms with Gasteiger partial charge in [0.2, 0.25) is 0 Å². The van der Waals surface area contributed by atoms with Crippen molar-refractivity contribution in [2.75, 3.05) is 18.1 Å². The predicted octanol–water partition coefficient (Wildman–Crippen LogP) is 2.82. The summed E-state index contributed by atoms with van der Waals surface area (Å²) in [7, 11) is 0. The largest absolute Gasteiger partial charge is 0.477 e.